The smallest absolute Gasteiger partial charge is 0.222 e. The van der Waals surface area contributed by atoms with Crippen LogP contribution in [0, 0.1) is 5.92 Å². The summed E-state index contributed by atoms with van der Waals surface area (Å²) < 4.78 is 0. The highest BCUT2D eigenvalue weighted by molar-refractivity contribution is 6.35. The van der Waals surface area contributed by atoms with E-state index in [1.165, 1.54) is 0 Å². The molecule has 1 rings (SSSR count). The molecule has 0 aliphatic carbocycles. The van der Waals surface area contributed by atoms with E-state index in [2.05, 4.69) is 10.6 Å². The topological polar surface area (TPSA) is 61.4 Å². The lowest BCUT2D eigenvalue weighted by atomic mass is 10.1. The minimum absolute atomic E-state index is 0. The van der Waals surface area contributed by atoms with Gasteiger partial charge in [-0.05, 0) is 12.1 Å². The van der Waals surface area contributed by atoms with Crippen molar-refractivity contribution in [1.29, 1.82) is 0 Å². The van der Waals surface area contributed by atoms with Crippen molar-refractivity contribution in [3.8, 4) is 0 Å². The maximum atomic E-state index is 11.3. The van der Waals surface area contributed by atoms with Gasteiger partial charge in [0.15, 0.2) is 0 Å². The molecular formula is C14H21Cl3N2O2. The van der Waals surface area contributed by atoms with Gasteiger partial charge in [-0.2, -0.15) is 0 Å². The summed E-state index contributed by atoms with van der Waals surface area (Å²) in [6.45, 7) is 5.15. The first kappa shape index (κ1) is 20.5. The lowest BCUT2D eigenvalue weighted by molar-refractivity contribution is -0.123. The molecular weight excluding hydrogens is 335 g/mol. The molecule has 0 fully saturated rings. The molecule has 0 bridgehead atoms. The molecule has 1 atom stereocenters. The normalized spacial score (nSPS) is 11.9. The molecule has 0 heterocycles. The molecule has 21 heavy (non-hydrogen) atoms. The van der Waals surface area contributed by atoms with Crippen LogP contribution in [-0.2, 0) is 4.79 Å². The summed E-state index contributed by atoms with van der Waals surface area (Å²) in [5, 5.41) is 16.8. The average Bonchev–Trinajstić information content (AvgIpc) is 2.37. The van der Waals surface area contributed by atoms with Crippen LogP contribution in [0.2, 0.25) is 10.0 Å². The van der Waals surface area contributed by atoms with Crippen LogP contribution in [0.1, 0.15) is 25.5 Å². The molecule has 0 radical (unpaired) electrons. The van der Waals surface area contributed by atoms with Crippen molar-refractivity contribution in [3.05, 3.63) is 33.8 Å². The first-order valence-corrected chi connectivity index (χ1v) is 7.29. The van der Waals surface area contributed by atoms with Gasteiger partial charge in [-0.25, -0.2) is 0 Å². The number of amides is 1. The molecule has 1 unspecified atom stereocenters. The van der Waals surface area contributed by atoms with Crippen LogP contribution in [0.25, 0.3) is 0 Å². The number of nitrogens with one attached hydrogen (secondary N) is 2. The first-order valence-electron chi connectivity index (χ1n) is 6.53. The zero-order chi connectivity index (χ0) is 15.1. The van der Waals surface area contributed by atoms with Crippen LogP contribution in [0.15, 0.2) is 18.2 Å². The monoisotopic (exact) mass is 354 g/mol. The highest BCUT2D eigenvalue weighted by Crippen LogP contribution is 2.25. The zero-order valence-corrected chi connectivity index (χ0v) is 14.4. The minimum atomic E-state index is -0.708. The fourth-order valence-corrected chi connectivity index (χ4v) is 2.13. The van der Waals surface area contributed by atoms with E-state index in [9.17, 15) is 9.90 Å². The van der Waals surface area contributed by atoms with E-state index in [4.69, 9.17) is 23.2 Å². The molecule has 1 aromatic carbocycles. The third-order valence-corrected chi connectivity index (χ3v) is 3.35. The van der Waals surface area contributed by atoms with E-state index < -0.39 is 6.10 Å². The van der Waals surface area contributed by atoms with Crippen molar-refractivity contribution in [2.45, 2.75) is 20.0 Å². The maximum Gasteiger partial charge on any atom is 0.222 e. The zero-order valence-electron chi connectivity index (χ0n) is 12.0. The van der Waals surface area contributed by atoms with E-state index >= 15 is 0 Å². The number of aliphatic hydroxyl groups is 1. The molecule has 0 saturated carbocycles. The molecule has 0 aliphatic heterocycles. The largest absolute Gasteiger partial charge is 0.387 e. The molecule has 0 spiro atoms. The third-order valence-electron chi connectivity index (χ3n) is 2.78. The Bertz CT molecular complexity index is 456. The standard InChI is InChI=1S/C14H20Cl2N2O2.ClH/c1-9(2)14(20)18-6-5-17-8-13(19)11-4-3-10(15)7-12(11)16;/h3-4,7,9,13,17,19H,5-6,8H2,1-2H3,(H,18,20);1H. The fourth-order valence-electron chi connectivity index (χ4n) is 1.60. The van der Waals surface area contributed by atoms with Crippen molar-refractivity contribution >= 4 is 41.5 Å². The van der Waals surface area contributed by atoms with Crippen LogP contribution in [0.3, 0.4) is 0 Å². The second-order valence-corrected chi connectivity index (χ2v) is 5.68. The summed E-state index contributed by atoms with van der Waals surface area (Å²) in [6.07, 6.45) is -0.708. The van der Waals surface area contributed by atoms with Crippen molar-refractivity contribution in [2.75, 3.05) is 19.6 Å². The van der Waals surface area contributed by atoms with E-state index in [0.29, 0.717) is 35.2 Å². The Morgan fingerprint density at radius 2 is 1.95 bits per heavy atom. The minimum Gasteiger partial charge on any atom is -0.387 e. The highest BCUT2D eigenvalue weighted by Gasteiger charge is 2.11. The number of benzene rings is 1. The quantitative estimate of drug-likeness (QED) is 0.659. The summed E-state index contributed by atoms with van der Waals surface area (Å²) in [4.78, 5) is 11.3. The number of rotatable bonds is 7. The molecule has 0 aromatic heterocycles. The Morgan fingerprint density at radius 3 is 2.52 bits per heavy atom. The molecule has 4 nitrogen and oxygen atoms in total. The third kappa shape index (κ3) is 7.34. The van der Waals surface area contributed by atoms with Crippen molar-refractivity contribution in [3.63, 3.8) is 0 Å². The number of halogens is 3. The second-order valence-electron chi connectivity index (χ2n) is 4.83. The number of carbonyl (C=O) groups is 1. The predicted molar refractivity (Wildman–Crippen MR) is 89.4 cm³/mol. The van der Waals surface area contributed by atoms with Gasteiger partial charge in [-0.15, -0.1) is 12.4 Å². The molecule has 7 heteroatoms. The summed E-state index contributed by atoms with van der Waals surface area (Å²) in [5.74, 6) is 0.00144. The Morgan fingerprint density at radius 1 is 1.29 bits per heavy atom. The first-order chi connectivity index (χ1) is 9.41. The summed E-state index contributed by atoms with van der Waals surface area (Å²) in [5.41, 5.74) is 0.634. The fraction of sp³-hybridized carbons (Fsp3) is 0.500. The van der Waals surface area contributed by atoms with E-state index in [0.717, 1.165) is 0 Å². The number of hydrogen-bond acceptors (Lipinski definition) is 3. The molecule has 0 saturated heterocycles. The van der Waals surface area contributed by atoms with Gasteiger partial charge >= 0.3 is 0 Å². The average molecular weight is 356 g/mol. The Labute approximate surface area is 141 Å². The van der Waals surface area contributed by atoms with Crippen LogP contribution >= 0.6 is 35.6 Å². The van der Waals surface area contributed by atoms with Gasteiger partial charge in [-0.1, -0.05) is 43.1 Å². The Kier molecular flexibility index (Phi) is 9.99. The maximum absolute atomic E-state index is 11.3. The summed E-state index contributed by atoms with van der Waals surface area (Å²) in [7, 11) is 0. The van der Waals surface area contributed by atoms with Gasteiger partial charge in [-0.3, -0.25) is 4.79 Å². The van der Waals surface area contributed by atoms with Gasteiger partial charge in [0.05, 0.1) is 6.10 Å². The summed E-state index contributed by atoms with van der Waals surface area (Å²) in [6, 6.07) is 5.00. The lowest BCUT2D eigenvalue weighted by Gasteiger charge is -2.14. The Balaban J connectivity index is 0.00000400. The Hall–Kier alpha value is -0.520. The van der Waals surface area contributed by atoms with Gasteiger partial charge in [0.1, 0.15) is 0 Å². The van der Waals surface area contributed by atoms with Crippen molar-refractivity contribution in [1.82, 2.24) is 10.6 Å². The van der Waals surface area contributed by atoms with E-state index in [-0.39, 0.29) is 24.2 Å². The van der Waals surface area contributed by atoms with Crippen LogP contribution in [0.5, 0.6) is 0 Å². The van der Waals surface area contributed by atoms with Crippen LogP contribution in [0.4, 0.5) is 0 Å². The van der Waals surface area contributed by atoms with Crippen molar-refractivity contribution in [2.24, 2.45) is 5.92 Å². The van der Waals surface area contributed by atoms with E-state index in [1.54, 1.807) is 18.2 Å². The number of carbonyl (C=O) groups excluding carboxylic acids is 1. The molecule has 1 aromatic rings. The molecule has 120 valence electrons. The molecule has 0 aliphatic rings. The van der Waals surface area contributed by atoms with Crippen molar-refractivity contribution < 1.29 is 9.90 Å². The number of hydrogen-bond donors (Lipinski definition) is 3. The van der Waals surface area contributed by atoms with E-state index in [1.807, 2.05) is 13.8 Å². The van der Waals surface area contributed by atoms with Crippen LogP contribution < -0.4 is 10.6 Å². The van der Waals surface area contributed by atoms with Crippen LogP contribution in [-0.4, -0.2) is 30.6 Å². The predicted octanol–water partition coefficient (Wildman–Crippen LogP) is 2.81. The van der Waals surface area contributed by atoms with Gasteiger partial charge in [0.2, 0.25) is 5.91 Å². The second kappa shape index (κ2) is 10.2. The molecule has 3 N–H and O–H groups in total. The lowest BCUT2D eigenvalue weighted by Crippen LogP contribution is -2.35. The summed E-state index contributed by atoms with van der Waals surface area (Å²) >= 11 is 11.8. The van der Waals surface area contributed by atoms with Gasteiger partial charge < -0.3 is 15.7 Å². The number of aliphatic hydroxyl groups excluding tert-OH is 1. The van der Waals surface area contributed by atoms with Gasteiger partial charge in [0, 0.05) is 41.2 Å². The van der Waals surface area contributed by atoms with Gasteiger partial charge in [0.25, 0.3) is 0 Å². The highest BCUT2D eigenvalue weighted by atomic mass is 35.5. The SMILES string of the molecule is CC(C)C(=O)NCCNCC(O)c1ccc(Cl)cc1Cl.Cl. The molecule has 1 amide bonds.